The second-order valence-electron chi connectivity index (χ2n) is 3.56. The van der Waals surface area contributed by atoms with Crippen molar-refractivity contribution in [3.05, 3.63) is 35.9 Å². The molecule has 0 saturated carbocycles. The number of benzene rings is 1. The molecule has 0 radical (unpaired) electrons. The number of carboxylic acid groups (broad SMARTS) is 1. The Hall–Kier alpha value is -2.11. The Labute approximate surface area is 103 Å². The van der Waals surface area contributed by atoms with Crippen molar-refractivity contribution in [2.24, 2.45) is 0 Å². The van der Waals surface area contributed by atoms with Crippen molar-refractivity contribution in [1.82, 2.24) is 0 Å². The molecule has 0 aliphatic rings. The topological polar surface area (TPSA) is 49.8 Å². The molecule has 0 spiro atoms. The van der Waals surface area contributed by atoms with E-state index >= 15 is 0 Å². The van der Waals surface area contributed by atoms with Crippen molar-refractivity contribution in [3.8, 4) is 5.75 Å². The van der Waals surface area contributed by atoms with E-state index in [1.165, 1.54) is 25.1 Å². The van der Waals surface area contributed by atoms with Crippen LogP contribution in [0, 0.1) is 11.6 Å². The number of carbonyl (C=O) groups is 1. The number of likely N-dealkylation sites (N-methyl/N-ethyl adjacent to an activating group) is 1. The molecule has 0 aliphatic heterocycles. The fourth-order valence-electron chi connectivity index (χ4n) is 1.38. The van der Waals surface area contributed by atoms with Crippen LogP contribution in [0.1, 0.15) is 0 Å². The monoisotopic (exact) mass is 257 g/mol. The number of rotatable bonds is 5. The summed E-state index contributed by atoms with van der Waals surface area (Å²) >= 11 is 0. The van der Waals surface area contributed by atoms with Gasteiger partial charge in [-0.2, -0.15) is 0 Å². The van der Waals surface area contributed by atoms with Crippen LogP contribution in [0.3, 0.4) is 0 Å². The lowest BCUT2D eigenvalue weighted by Gasteiger charge is -2.18. The summed E-state index contributed by atoms with van der Waals surface area (Å²) in [5, 5.41) is 8.41. The van der Waals surface area contributed by atoms with E-state index in [4.69, 9.17) is 5.11 Å². The van der Waals surface area contributed by atoms with Gasteiger partial charge in [0, 0.05) is 31.8 Å². The minimum absolute atomic E-state index is 0.0309. The second-order valence-corrected chi connectivity index (χ2v) is 3.56. The van der Waals surface area contributed by atoms with E-state index in [2.05, 4.69) is 4.74 Å². The highest BCUT2D eigenvalue weighted by atomic mass is 19.1. The third-order valence-corrected chi connectivity index (χ3v) is 2.27. The maximum absolute atomic E-state index is 13.6. The van der Waals surface area contributed by atoms with E-state index in [-0.39, 0.29) is 18.0 Å². The van der Waals surface area contributed by atoms with Crippen molar-refractivity contribution in [3.63, 3.8) is 0 Å². The first-order valence-corrected chi connectivity index (χ1v) is 5.09. The van der Waals surface area contributed by atoms with Crippen LogP contribution < -0.4 is 9.64 Å². The second kappa shape index (κ2) is 6.00. The maximum atomic E-state index is 13.6. The van der Waals surface area contributed by atoms with Gasteiger partial charge in [-0.05, 0) is 0 Å². The molecule has 0 aromatic heterocycles. The minimum atomic E-state index is -1.09. The molecular formula is C12H13F2NO3. The largest absolute Gasteiger partial charge is 0.494 e. The summed E-state index contributed by atoms with van der Waals surface area (Å²) in [6, 6.07) is 1.95. The summed E-state index contributed by atoms with van der Waals surface area (Å²) in [4.78, 5) is 11.7. The van der Waals surface area contributed by atoms with Crippen molar-refractivity contribution in [2.75, 3.05) is 25.6 Å². The van der Waals surface area contributed by atoms with Gasteiger partial charge in [0.05, 0.1) is 12.8 Å². The molecule has 1 N–H and O–H groups in total. The smallest absolute Gasteiger partial charge is 0.328 e. The van der Waals surface area contributed by atoms with Gasteiger partial charge in [-0.15, -0.1) is 0 Å². The molecule has 0 atom stereocenters. The third-order valence-electron chi connectivity index (χ3n) is 2.27. The van der Waals surface area contributed by atoms with Crippen LogP contribution in [-0.4, -0.2) is 31.8 Å². The summed E-state index contributed by atoms with van der Waals surface area (Å²) < 4.78 is 31.7. The highest BCUT2D eigenvalue weighted by molar-refractivity contribution is 5.79. The Bertz CT molecular complexity index is 475. The molecule has 4 nitrogen and oxygen atoms in total. The molecule has 98 valence electrons. The molecule has 1 aromatic carbocycles. The average Bonchev–Trinajstić information content (AvgIpc) is 2.30. The van der Waals surface area contributed by atoms with Crippen LogP contribution in [0.25, 0.3) is 0 Å². The first-order valence-electron chi connectivity index (χ1n) is 5.09. The predicted molar refractivity (Wildman–Crippen MR) is 63.0 cm³/mol. The molecule has 0 unspecified atom stereocenters. The van der Waals surface area contributed by atoms with Crippen LogP contribution in [0.2, 0.25) is 0 Å². The van der Waals surface area contributed by atoms with Crippen LogP contribution in [0.4, 0.5) is 14.5 Å². The number of ether oxygens (including phenoxy) is 1. The number of halogens is 2. The minimum Gasteiger partial charge on any atom is -0.494 e. The van der Waals surface area contributed by atoms with Gasteiger partial charge in [0.1, 0.15) is 5.82 Å². The Balaban J connectivity index is 2.89. The average molecular weight is 257 g/mol. The van der Waals surface area contributed by atoms with Gasteiger partial charge in [-0.25, -0.2) is 13.6 Å². The van der Waals surface area contributed by atoms with Gasteiger partial charge >= 0.3 is 5.97 Å². The van der Waals surface area contributed by atoms with Crippen LogP contribution in [-0.2, 0) is 4.79 Å². The van der Waals surface area contributed by atoms with Gasteiger partial charge in [-0.1, -0.05) is 6.08 Å². The van der Waals surface area contributed by atoms with E-state index in [1.807, 2.05) is 0 Å². The van der Waals surface area contributed by atoms with E-state index in [0.29, 0.717) is 0 Å². The summed E-state index contributed by atoms with van der Waals surface area (Å²) in [5.74, 6) is -2.59. The lowest BCUT2D eigenvalue weighted by molar-refractivity contribution is -0.131. The molecule has 0 bridgehead atoms. The lowest BCUT2D eigenvalue weighted by atomic mass is 10.2. The highest BCUT2D eigenvalue weighted by Gasteiger charge is 2.12. The molecule has 6 heteroatoms. The predicted octanol–water partition coefficient (Wildman–Crippen LogP) is 2.05. The normalized spacial score (nSPS) is 10.7. The van der Waals surface area contributed by atoms with E-state index in [9.17, 15) is 13.6 Å². The van der Waals surface area contributed by atoms with Gasteiger partial charge < -0.3 is 14.7 Å². The van der Waals surface area contributed by atoms with Gasteiger partial charge in [0.15, 0.2) is 11.6 Å². The summed E-state index contributed by atoms with van der Waals surface area (Å²) in [5.41, 5.74) is 0.0309. The highest BCUT2D eigenvalue weighted by Crippen LogP contribution is 2.26. The SMILES string of the molecule is COc1cc(F)c(N(C)C/C=C/C(=O)O)cc1F. The molecule has 0 fully saturated rings. The van der Waals surface area contributed by atoms with Crippen molar-refractivity contribution in [1.29, 1.82) is 0 Å². The molecule has 0 saturated heterocycles. The number of hydrogen-bond acceptors (Lipinski definition) is 3. The molecule has 1 rings (SSSR count). The standard InChI is InChI=1S/C12H13F2NO3/c1-15(5-3-4-12(16)17)10-6-9(14)11(18-2)7-8(10)13/h3-4,6-7H,5H2,1-2H3,(H,16,17)/b4-3+. The van der Waals surface area contributed by atoms with Gasteiger partial charge in [0.2, 0.25) is 0 Å². The fraction of sp³-hybridized carbons (Fsp3) is 0.250. The van der Waals surface area contributed by atoms with Crippen molar-refractivity contribution in [2.45, 2.75) is 0 Å². The first-order chi connectivity index (χ1) is 8.45. The van der Waals surface area contributed by atoms with E-state index in [1.54, 1.807) is 0 Å². The summed E-state index contributed by atoms with van der Waals surface area (Å²) in [6.45, 7) is 0.148. The zero-order valence-corrected chi connectivity index (χ0v) is 9.98. The quantitative estimate of drug-likeness (QED) is 0.820. The molecular weight excluding hydrogens is 244 g/mol. The first kappa shape index (κ1) is 14.0. The van der Waals surface area contributed by atoms with Crippen LogP contribution >= 0.6 is 0 Å². The summed E-state index contributed by atoms with van der Waals surface area (Å²) in [6.07, 6.45) is 2.28. The zero-order valence-electron chi connectivity index (χ0n) is 9.98. The molecule has 18 heavy (non-hydrogen) atoms. The van der Waals surface area contributed by atoms with Crippen molar-refractivity contribution < 1.29 is 23.4 Å². The van der Waals surface area contributed by atoms with E-state index < -0.39 is 17.6 Å². The Morgan fingerprint density at radius 1 is 1.44 bits per heavy atom. The molecule has 0 aliphatic carbocycles. The molecule has 1 aromatic rings. The lowest BCUT2D eigenvalue weighted by Crippen LogP contribution is -2.18. The van der Waals surface area contributed by atoms with Crippen LogP contribution in [0.15, 0.2) is 24.3 Å². The number of nitrogens with zero attached hydrogens (tertiary/aromatic N) is 1. The number of carboxylic acids is 1. The Kier molecular flexibility index (Phi) is 4.65. The molecule has 0 heterocycles. The van der Waals surface area contributed by atoms with Crippen molar-refractivity contribution >= 4 is 11.7 Å². The number of aliphatic carboxylic acids is 1. The number of anilines is 1. The Morgan fingerprint density at radius 2 is 2.11 bits per heavy atom. The zero-order chi connectivity index (χ0) is 13.7. The maximum Gasteiger partial charge on any atom is 0.328 e. The summed E-state index contributed by atoms with van der Waals surface area (Å²) in [7, 11) is 2.77. The molecule has 0 amide bonds. The van der Waals surface area contributed by atoms with E-state index in [0.717, 1.165) is 18.2 Å². The fourth-order valence-corrected chi connectivity index (χ4v) is 1.38. The van der Waals surface area contributed by atoms with Crippen LogP contribution in [0.5, 0.6) is 5.75 Å². The Morgan fingerprint density at radius 3 is 2.67 bits per heavy atom. The number of methoxy groups -OCH3 is 1. The van der Waals surface area contributed by atoms with Gasteiger partial charge in [-0.3, -0.25) is 0 Å². The third kappa shape index (κ3) is 3.44. The number of hydrogen-bond donors (Lipinski definition) is 1. The van der Waals surface area contributed by atoms with Gasteiger partial charge in [0.25, 0.3) is 0 Å².